The number of hydrogen-bond donors (Lipinski definition) is 0. The topological polar surface area (TPSA) is 49.9 Å². The summed E-state index contributed by atoms with van der Waals surface area (Å²) in [5, 5.41) is 0. The van der Waals surface area contributed by atoms with E-state index < -0.39 is 16.5 Å². The number of benzene rings is 3. The second-order valence-corrected chi connectivity index (χ2v) is 9.11. The molecule has 33 heavy (non-hydrogen) atoms. The van der Waals surface area contributed by atoms with E-state index in [0.29, 0.717) is 40.4 Å². The highest BCUT2D eigenvalue weighted by molar-refractivity contribution is 8.01. The van der Waals surface area contributed by atoms with Crippen molar-refractivity contribution in [2.75, 3.05) is 24.3 Å². The summed E-state index contributed by atoms with van der Waals surface area (Å²) in [6.07, 6.45) is 0. The molecule has 1 fully saturated rings. The predicted octanol–water partition coefficient (Wildman–Crippen LogP) is 4.56. The van der Waals surface area contributed by atoms with Gasteiger partial charge in [-0.2, -0.15) is 0 Å². The number of nitrogens with zero attached hydrogens (tertiary/aromatic N) is 2. The number of carbonyl (C=O) groups is 2. The Hall–Kier alpha value is -3.39. The minimum atomic E-state index is -1.30. The van der Waals surface area contributed by atoms with Crippen molar-refractivity contribution >= 4 is 29.3 Å². The van der Waals surface area contributed by atoms with E-state index in [2.05, 4.69) is 0 Å². The highest BCUT2D eigenvalue weighted by Gasteiger charge is 2.59. The number of carbonyl (C=O) groups excluding carboxylic acids is 2. The van der Waals surface area contributed by atoms with Crippen LogP contribution in [0.3, 0.4) is 0 Å². The van der Waals surface area contributed by atoms with Crippen LogP contribution in [-0.4, -0.2) is 36.1 Å². The van der Waals surface area contributed by atoms with Gasteiger partial charge in [0.15, 0.2) is 4.87 Å². The van der Waals surface area contributed by atoms with Gasteiger partial charge in [0.1, 0.15) is 17.4 Å². The van der Waals surface area contributed by atoms with Crippen molar-refractivity contribution in [3.63, 3.8) is 0 Å². The average molecular weight is 467 g/mol. The van der Waals surface area contributed by atoms with Crippen LogP contribution in [0, 0.1) is 11.6 Å². The number of hydrogen-bond acceptors (Lipinski definition) is 4. The van der Waals surface area contributed by atoms with E-state index >= 15 is 0 Å². The molecule has 3 aromatic carbocycles. The Labute approximate surface area is 193 Å². The summed E-state index contributed by atoms with van der Waals surface area (Å²) in [6, 6.07) is 16.9. The smallest absolute Gasteiger partial charge is 0.268 e. The van der Waals surface area contributed by atoms with Gasteiger partial charge in [-0.15, -0.1) is 11.8 Å². The number of anilines is 1. The van der Waals surface area contributed by atoms with Gasteiger partial charge < -0.3 is 14.5 Å². The number of fused-ring (bicyclic) bond motifs is 2. The summed E-state index contributed by atoms with van der Waals surface area (Å²) >= 11 is 1.37. The molecule has 3 aromatic rings. The monoisotopic (exact) mass is 466 g/mol. The molecule has 2 amide bonds. The molecule has 168 valence electrons. The highest BCUT2D eigenvalue weighted by atomic mass is 32.2. The molecule has 0 aromatic heterocycles. The largest absolute Gasteiger partial charge is 0.497 e. The lowest BCUT2D eigenvalue weighted by atomic mass is 10.0. The van der Waals surface area contributed by atoms with E-state index in [0.717, 1.165) is 0 Å². The van der Waals surface area contributed by atoms with Gasteiger partial charge in [0.25, 0.3) is 11.8 Å². The van der Waals surface area contributed by atoms with Crippen LogP contribution in [0.5, 0.6) is 5.75 Å². The van der Waals surface area contributed by atoms with Crippen LogP contribution in [0.4, 0.5) is 14.5 Å². The maximum atomic E-state index is 14.4. The van der Waals surface area contributed by atoms with Gasteiger partial charge in [-0.1, -0.05) is 18.2 Å². The quantitative estimate of drug-likeness (QED) is 0.566. The van der Waals surface area contributed by atoms with E-state index in [-0.39, 0.29) is 18.4 Å². The first-order valence-electron chi connectivity index (χ1n) is 10.4. The van der Waals surface area contributed by atoms with Crippen molar-refractivity contribution in [3.8, 4) is 5.75 Å². The van der Waals surface area contributed by atoms with Crippen LogP contribution in [0.1, 0.15) is 21.5 Å². The lowest BCUT2D eigenvalue weighted by molar-refractivity contribution is -0.123. The normalized spacial score (nSPS) is 19.3. The number of methoxy groups -OCH3 is 1. The van der Waals surface area contributed by atoms with E-state index in [1.165, 1.54) is 59.0 Å². The highest BCUT2D eigenvalue weighted by Crippen LogP contribution is 2.55. The predicted molar refractivity (Wildman–Crippen MR) is 122 cm³/mol. The Morgan fingerprint density at radius 2 is 1.85 bits per heavy atom. The second-order valence-electron chi connectivity index (χ2n) is 7.82. The van der Waals surface area contributed by atoms with Crippen LogP contribution in [0.2, 0.25) is 0 Å². The van der Waals surface area contributed by atoms with Crippen LogP contribution in [0.25, 0.3) is 0 Å². The standard InChI is InChI=1S/C25H20F2N2O3S/c1-32-19-10-11-22-20(14-19)25(24(31)28(22)15-17-4-2-3-5-21(17)27)29(12-13-33-25)23(30)16-6-8-18(26)9-7-16/h2-11,14H,12-13,15H2,1H3. The van der Waals surface area contributed by atoms with Crippen molar-refractivity contribution < 1.29 is 23.1 Å². The molecule has 0 bridgehead atoms. The van der Waals surface area contributed by atoms with Crippen molar-refractivity contribution in [1.29, 1.82) is 0 Å². The molecule has 8 heteroatoms. The molecule has 1 atom stereocenters. The lowest BCUT2D eigenvalue weighted by Crippen LogP contribution is -2.50. The van der Waals surface area contributed by atoms with Gasteiger partial charge in [-0.3, -0.25) is 9.59 Å². The Kier molecular flexibility index (Phi) is 5.32. The molecule has 0 radical (unpaired) electrons. The summed E-state index contributed by atoms with van der Waals surface area (Å²) in [6.45, 7) is 0.378. The Morgan fingerprint density at radius 3 is 2.58 bits per heavy atom. The Bertz CT molecular complexity index is 1250. The van der Waals surface area contributed by atoms with Gasteiger partial charge in [0.2, 0.25) is 0 Å². The molecule has 2 heterocycles. The molecule has 0 N–H and O–H groups in total. The third-order valence-electron chi connectivity index (χ3n) is 6.02. The third kappa shape index (κ3) is 3.36. The van der Waals surface area contributed by atoms with Crippen LogP contribution < -0.4 is 9.64 Å². The molecule has 2 aliphatic rings. The fraction of sp³-hybridized carbons (Fsp3) is 0.200. The Balaban J connectivity index is 1.62. The maximum Gasteiger partial charge on any atom is 0.268 e. The molecule has 0 aliphatic carbocycles. The molecule has 5 rings (SSSR count). The molecule has 0 saturated carbocycles. The average Bonchev–Trinajstić information content (AvgIpc) is 3.37. The van der Waals surface area contributed by atoms with E-state index in [4.69, 9.17) is 4.74 Å². The first-order chi connectivity index (χ1) is 16.0. The Morgan fingerprint density at radius 1 is 1.09 bits per heavy atom. The van der Waals surface area contributed by atoms with E-state index in [1.54, 1.807) is 36.4 Å². The number of ether oxygens (including phenoxy) is 1. The van der Waals surface area contributed by atoms with Crippen molar-refractivity contribution in [1.82, 2.24) is 4.90 Å². The van der Waals surface area contributed by atoms with Gasteiger partial charge in [-0.05, 0) is 48.5 Å². The molecule has 1 spiro atoms. The maximum absolute atomic E-state index is 14.4. The second kappa shape index (κ2) is 8.19. The molecule has 1 saturated heterocycles. The molecule has 2 aliphatic heterocycles. The molecular formula is C25H20F2N2O3S. The summed E-state index contributed by atoms with van der Waals surface area (Å²) in [4.78, 5) is 29.2. The summed E-state index contributed by atoms with van der Waals surface area (Å²) in [7, 11) is 1.53. The van der Waals surface area contributed by atoms with Crippen molar-refractivity contribution in [3.05, 3.63) is 95.1 Å². The van der Waals surface area contributed by atoms with Gasteiger partial charge >= 0.3 is 0 Å². The summed E-state index contributed by atoms with van der Waals surface area (Å²) < 4.78 is 33.3. The minimum Gasteiger partial charge on any atom is -0.497 e. The third-order valence-corrected chi connectivity index (χ3v) is 7.44. The molecular weight excluding hydrogens is 446 g/mol. The molecule has 5 nitrogen and oxygen atoms in total. The first-order valence-corrected chi connectivity index (χ1v) is 11.4. The molecule has 1 unspecified atom stereocenters. The van der Waals surface area contributed by atoms with Crippen LogP contribution >= 0.6 is 11.8 Å². The minimum absolute atomic E-state index is 0.0335. The van der Waals surface area contributed by atoms with E-state index in [1.807, 2.05) is 0 Å². The van der Waals surface area contributed by atoms with Crippen molar-refractivity contribution in [2.24, 2.45) is 0 Å². The number of thioether (sulfide) groups is 1. The zero-order chi connectivity index (χ0) is 23.2. The zero-order valence-corrected chi connectivity index (χ0v) is 18.6. The van der Waals surface area contributed by atoms with Gasteiger partial charge in [0, 0.05) is 29.0 Å². The number of halogens is 2. The fourth-order valence-electron chi connectivity index (χ4n) is 4.42. The van der Waals surface area contributed by atoms with Crippen LogP contribution in [0.15, 0.2) is 66.7 Å². The SMILES string of the molecule is COc1ccc2c(c1)C1(SCCN1C(=O)c1ccc(F)cc1)C(=O)N2Cc1ccccc1F. The summed E-state index contributed by atoms with van der Waals surface area (Å²) in [5.74, 6) is -0.431. The van der Waals surface area contributed by atoms with Gasteiger partial charge in [0.05, 0.1) is 19.3 Å². The summed E-state index contributed by atoms with van der Waals surface area (Å²) in [5.41, 5.74) is 1.91. The van der Waals surface area contributed by atoms with Gasteiger partial charge in [-0.25, -0.2) is 8.78 Å². The number of rotatable bonds is 4. The van der Waals surface area contributed by atoms with E-state index in [9.17, 15) is 18.4 Å². The van der Waals surface area contributed by atoms with Crippen molar-refractivity contribution in [2.45, 2.75) is 11.4 Å². The number of amides is 2. The zero-order valence-electron chi connectivity index (χ0n) is 17.8. The first kappa shape index (κ1) is 21.5. The van der Waals surface area contributed by atoms with Crippen LogP contribution in [-0.2, 0) is 16.2 Å². The lowest BCUT2D eigenvalue weighted by Gasteiger charge is -2.33. The fourth-order valence-corrected chi connectivity index (χ4v) is 5.88.